The zero-order chi connectivity index (χ0) is 18.0. The summed E-state index contributed by atoms with van der Waals surface area (Å²) in [5.41, 5.74) is 0.539. The number of Topliss-reactive ketones (excluding diaryl/α,β-unsaturated/α-hetero) is 1. The molecular formula is C22H38O2Si. The minimum Gasteiger partial charge on any atom is -0.415 e. The van der Waals surface area contributed by atoms with Crippen LogP contribution in [-0.2, 0) is 9.22 Å². The first-order chi connectivity index (χ1) is 11.6. The number of ketones is 1. The molecule has 0 aromatic carbocycles. The third-order valence-electron chi connectivity index (χ3n) is 8.85. The molecule has 7 atom stereocenters. The van der Waals surface area contributed by atoms with E-state index >= 15 is 0 Å². The maximum atomic E-state index is 12.5. The lowest BCUT2D eigenvalue weighted by molar-refractivity contribution is -0.141. The molecule has 1 unspecified atom stereocenters. The molecule has 0 heterocycles. The van der Waals surface area contributed by atoms with E-state index in [1.54, 1.807) is 0 Å². The topological polar surface area (TPSA) is 26.3 Å². The summed E-state index contributed by atoms with van der Waals surface area (Å²) in [5.74, 6) is 3.80. The molecule has 4 aliphatic rings. The number of fused-ring (bicyclic) bond motifs is 5. The van der Waals surface area contributed by atoms with Crippen molar-refractivity contribution >= 4 is 14.1 Å². The van der Waals surface area contributed by atoms with Crippen LogP contribution in [0.15, 0.2) is 0 Å². The Bertz CT molecular complexity index is 553. The van der Waals surface area contributed by atoms with E-state index in [1.807, 2.05) is 0 Å². The summed E-state index contributed by atoms with van der Waals surface area (Å²) in [6, 6.07) is 0. The molecule has 0 aliphatic heterocycles. The van der Waals surface area contributed by atoms with Gasteiger partial charge >= 0.3 is 0 Å². The normalized spacial score (nSPS) is 50.1. The van der Waals surface area contributed by atoms with Gasteiger partial charge in [0, 0.05) is 17.9 Å². The monoisotopic (exact) mass is 362 g/mol. The van der Waals surface area contributed by atoms with Crippen LogP contribution in [0.1, 0.15) is 71.6 Å². The molecule has 25 heavy (non-hydrogen) atoms. The third kappa shape index (κ3) is 2.88. The van der Waals surface area contributed by atoms with Crippen molar-refractivity contribution in [3.8, 4) is 0 Å². The van der Waals surface area contributed by atoms with Crippen LogP contribution in [0.5, 0.6) is 0 Å². The number of carbonyl (C=O) groups excluding carboxylic acids is 1. The first-order valence-corrected chi connectivity index (χ1v) is 14.3. The molecule has 0 bridgehead atoms. The molecule has 4 aliphatic carbocycles. The van der Waals surface area contributed by atoms with Gasteiger partial charge in [-0.2, -0.15) is 0 Å². The molecule has 0 radical (unpaired) electrons. The summed E-state index contributed by atoms with van der Waals surface area (Å²) in [6.45, 7) is 11.9. The van der Waals surface area contributed by atoms with Gasteiger partial charge in [0.25, 0.3) is 0 Å². The molecule has 0 amide bonds. The van der Waals surface area contributed by atoms with Crippen molar-refractivity contribution in [1.29, 1.82) is 0 Å². The highest BCUT2D eigenvalue weighted by molar-refractivity contribution is 6.69. The Balaban J connectivity index is 1.52. The Morgan fingerprint density at radius 1 is 0.960 bits per heavy atom. The molecule has 0 aromatic rings. The fourth-order valence-corrected chi connectivity index (χ4v) is 8.81. The van der Waals surface area contributed by atoms with Crippen molar-refractivity contribution in [2.45, 2.75) is 97.4 Å². The predicted octanol–water partition coefficient (Wildman–Crippen LogP) is 5.82. The lowest BCUT2D eigenvalue weighted by atomic mass is 9.45. The number of hydrogen-bond donors (Lipinski definition) is 0. The molecule has 4 rings (SSSR count). The average molecular weight is 363 g/mol. The summed E-state index contributed by atoms with van der Waals surface area (Å²) < 4.78 is 6.50. The second-order valence-corrected chi connectivity index (χ2v) is 15.7. The van der Waals surface area contributed by atoms with Crippen molar-refractivity contribution in [3.63, 3.8) is 0 Å². The minimum atomic E-state index is -1.43. The van der Waals surface area contributed by atoms with E-state index in [2.05, 4.69) is 33.5 Å². The molecule has 0 saturated heterocycles. The Labute approximate surface area is 155 Å². The summed E-state index contributed by atoms with van der Waals surface area (Å²) in [4.78, 5) is 12.5. The minimum absolute atomic E-state index is 0.0303. The first kappa shape index (κ1) is 18.2. The van der Waals surface area contributed by atoms with E-state index in [0.29, 0.717) is 23.2 Å². The molecular weight excluding hydrogens is 324 g/mol. The van der Waals surface area contributed by atoms with Crippen LogP contribution in [0.25, 0.3) is 0 Å². The van der Waals surface area contributed by atoms with Crippen LogP contribution >= 0.6 is 0 Å². The quantitative estimate of drug-likeness (QED) is 0.579. The summed E-state index contributed by atoms with van der Waals surface area (Å²) >= 11 is 0. The fourth-order valence-electron chi connectivity index (χ4n) is 7.60. The lowest BCUT2D eigenvalue weighted by Crippen LogP contribution is -2.54. The molecule has 3 heteroatoms. The van der Waals surface area contributed by atoms with E-state index in [-0.39, 0.29) is 5.41 Å². The van der Waals surface area contributed by atoms with Gasteiger partial charge in [-0.1, -0.05) is 13.8 Å². The van der Waals surface area contributed by atoms with Gasteiger partial charge in [0.05, 0.1) is 0 Å². The second-order valence-electron chi connectivity index (χ2n) is 11.2. The smallest absolute Gasteiger partial charge is 0.184 e. The van der Waals surface area contributed by atoms with Crippen molar-refractivity contribution in [3.05, 3.63) is 0 Å². The Morgan fingerprint density at radius 3 is 2.44 bits per heavy atom. The van der Waals surface area contributed by atoms with Crippen LogP contribution in [0.2, 0.25) is 19.6 Å². The van der Waals surface area contributed by atoms with Gasteiger partial charge in [-0.05, 0) is 100 Å². The van der Waals surface area contributed by atoms with Crippen molar-refractivity contribution in [2.75, 3.05) is 0 Å². The standard InChI is InChI=1S/C22H38O2Si/c1-21-12-10-16(24-25(3,4)5)14-15(21)6-7-17-18-8-9-20(23)22(18,2)13-11-19(17)21/h15-19H,6-14H2,1-5H3/t15?,16-,17+,18+,19+,21+,22+/m1/s1. The van der Waals surface area contributed by atoms with Gasteiger partial charge in [0.15, 0.2) is 8.32 Å². The van der Waals surface area contributed by atoms with Gasteiger partial charge < -0.3 is 4.43 Å². The van der Waals surface area contributed by atoms with Gasteiger partial charge in [-0.15, -0.1) is 0 Å². The van der Waals surface area contributed by atoms with E-state index in [4.69, 9.17) is 4.43 Å². The highest BCUT2D eigenvalue weighted by Gasteiger charge is 2.60. The van der Waals surface area contributed by atoms with E-state index in [1.165, 1.54) is 44.9 Å². The first-order valence-electron chi connectivity index (χ1n) is 10.8. The molecule has 4 saturated carbocycles. The summed E-state index contributed by atoms with van der Waals surface area (Å²) in [7, 11) is -1.43. The van der Waals surface area contributed by atoms with Crippen LogP contribution < -0.4 is 0 Å². The zero-order valence-electron chi connectivity index (χ0n) is 17.1. The number of rotatable bonds is 2. The maximum Gasteiger partial charge on any atom is 0.184 e. The third-order valence-corrected chi connectivity index (χ3v) is 9.89. The van der Waals surface area contributed by atoms with Gasteiger partial charge in [0.2, 0.25) is 0 Å². The van der Waals surface area contributed by atoms with Gasteiger partial charge in [-0.3, -0.25) is 4.79 Å². The zero-order valence-corrected chi connectivity index (χ0v) is 18.1. The summed E-state index contributed by atoms with van der Waals surface area (Å²) in [6.07, 6.45) is 11.7. The van der Waals surface area contributed by atoms with Crippen LogP contribution in [0.3, 0.4) is 0 Å². The van der Waals surface area contributed by atoms with Gasteiger partial charge in [-0.25, -0.2) is 0 Å². The second kappa shape index (κ2) is 5.92. The maximum absolute atomic E-state index is 12.5. The Morgan fingerprint density at radius 2 is 1.72 bits per heavy atom. The fraction of sp³-hybridized carbons (Fsp3) is 0.955. The van der Waals surface area contributed by atoms with Crippen LogP contribution in [-0.4, -0.2) is 20.2 Å². The molecule has 4 fully saturated rings. The lowest BCUT2D eigenvalue weighted by Gasteiger charge is -2.60. The van der Waals surface area contributed by atoms with E-state index in [0.717, 1.165) is 30.6 Å². The highest BCUT2D eigenvalue weighted by Crippen LogP contribution is 2.65. The highest BCUT2D eigenvalue weighted by atomic mass is 28.4. The summed E-state index contributed by atoms with van der Waals surface area (Å²) in [5, 5.41) is 0. The largest absolute Gasteiger partial charge is 0.415 e. The van der Waals surface area contributed by atoms with Crippen LogP contribution in [0, 0.1) is 34.5 Å². The van der Waals surface area contributed by atoms with E-state index < -0.39 is 8.32 Å². The molecule has 0 N–H and O–H groups in total. The molecule has 2 nitrogen and oxygen atoms in total. The van der Waals surface area contributed by atoms with Crippen molar-refractivity contribution < 1.29 is 9.22 Å². The molecule has 0 spiro atoms. The number of hydrogen-bond acceptors (Lipinski definition) is 2. The van der Waals surface area contributed by atoms with Gasteiger partial charge in [0.1, 0.15) is 5.78 Å². The van der Waals surface area contributed by atoms with Crippen LogP contribution in [0.4, 0.5) is 0 Å². The average Bonchev–Trinajstić information content (AvgIpc) is 2.82. The Hall–Kier alpha value is -0.153. The van der Waals surface area contributed by atoms with E-state index in [9.17, 15) is 4.79 Å². The SMILES string of the molecule is C[C@]12CC[C@@H](O[Si](C)(C)C)CC1CC[C@@H]1[C@@H]2CC[C@]2(C)C(=O)CC[C@@H]12. The Kier molecular flexibility index (Phi) is 4.32. The number of carbonyl (C=O) groups is 1. The molecule has 142 valence electrons. The predicted molar refractivity (Wildman–Crippen MR) is 105 cm³/mol. The molecule has 0 aromatic heterocycles. The van der Waals surface area contributed by atoms with Crippen molar-refractivity contribution in [1.82, 2.24) is 0 Å². The van der Waals surface area contributed by atoms with Crippen molar-refractivity contribution in [2.24, 2.45) is 34.5 Å².